The molecule has 1 aromatic carbocycles. The number of hydrogen-bond donors (Lipinski definition) is 0. The number of carbonyl (C=O) groups is 1. The Balaban J connectivity index is 2.92. The van der Waals surface area contributed by atoms with Crippen LogP contribution in [-0.4, -0.2) is 23.9 Å². The van der Waals surface area contributed by atoms with E-state index in [9.17, 15) is 4.79 Å². The van der Waals surface area contributed by atoms with Crippen LogP contribution < -0.4 is 0 Å². The molecule has 3 heteroatoms. The highest BCUT2D eigenvalue weighted by molar-refractivity contribution is 5.84. The summed E-state index contributed by atoms with van der Waals surface area (Å²) in [6, 6.07) is 11.5. The van der Waals surface area contributed by atoms with E-state index in [1.807, 2.05) is 43.3 Å². The molecule has 0 aromatic heterocycles. The first-order chi connectivity index (χ1) is 8.74. The maximum Gasteiger partial charge on any atom is 0.231 e. The summed E-state index contributed by atoms with van der Waals surface area (Å²) in [6.45, 7) is 2.16. The van der Waals surface area contributed by atoms with Crippen LogP contribution >= 0.6 is 0 Å². The van der Waals surface area contributed by atoms with Crippen molar-refractivity contribution in [2.24, 2.45) is 0 Å². The monoisotopic (exact) mass is 240 g/mol. The molecule has 3 nitrogen and oxygen atoms in total. The number of nitrogens with zero attached hydrogens (tertiary/aromatic N) is 2. The molecule has 0 heterocycles. The molecule has 0 spiro atoms. The first-order valence-corrected chi connectivity index (χ1v) is 5.88. The van der Waals surface area contributed by atoms with Crippen molar-refractivity contribution in [2.45, 2.75) is 19.3 Å². The van der Waals surface area contributed by atoms with E-state index in [4.69, 9.17) is 11.7 Å². The Morgan fingerprint density at radius 3 is 2.56 bits per heavy atom. The lowest BCUT2D eigenvalue weighted by Crippen LogP contribution is -2.35. The molecule has 0 aliphatic carbocycles. The predicted octanol–water partition coefficient (Wildman–Crippen LogP) is 2.17. The zero-order chi connectivity index (χ0) is 13.4. The zero-order valence-electron chi connectivity index (χ0n) is 10.5. The van der Waals surface area contributed by atoms with Gasteiger partial charge >= 0.3 is 0 Å². The quantitative estimate of drug-likeness (QED) is 0.585. The Labute approximate surface area is 108 Å². The van der Waals surface area contributed by atoms with E-state index in [1.165, 1.54) is 4.90 Å². The van der Waals surface area contributed by atoms with E-state index >= 15 is 0 Å². The summed E-state index contributed by atoms with van der Waals surface area (Å²) in [5.74, 6) is 2.11. The first-order valence-electron chi connectivity index (χ1n) is 5.88. The molecule has 1 unspecified atom stereocenters. The van der Waals surface area contributed by atoms with Gasteiger partial charge in [0, 0.05) is 0 Å². The molecule has 0 bridgehead atoms. The van der Waals surface area contributed by atoms with Crippen molar-refractivity contribution in [1.29, 1.82) is 5.26 Å². The molecule has 1 atom stereocenters. The van der Waals surface area contributed by atoms with E-state index in [0.29, 0.717) is 6.42 Å². The van der Waals surface area contributed by atoms with Crippen molar-refractivity contribution in [2.75, 3.05) is 13.1 Å². The Kier molecular flexibility index (Phi) is 5.48. The van der Waals surface area contributed by atoms with Crippen molar-refractivity contribution in [3.63, 3.8) is 0 Å². The fourth-order valence-electron chi connectivity index (χ4n) is 1.87. The van der Waals surface area contributed by atoms with Gasteiger partial charge in [0.05, 0.1) is 18.5 Å². The lowest BCUT2D eigenvalue weighted by Gasteiger charge is -2.23. The van der Waals surface area contributed by atoms with Crippen LogP contribution in [0.5, 0.6) is 0 Å². The van der Waals surface area contributed by atoms with E-state index in [2.05, 4.69) is 5.92 Å². The molecule has 92 valence electrons. The molecule has 1 rings (SSSR count). The molecule has 0 aliphatic heterocycles. The summed E-state index contributed by atoms with van der Waals surface area (Å²) in [5.41, 5.74) is 0.963. The summed E-state index contributed by atoms with van der Waals surface area (Å²) in [7, 11) is 0. The summed E-state index contributed by atoms with van der Waals surface area (Å²) in [6.07, 6.45) is 5.91. The summed E-state index contributed by atoms with van der Waals surface area (Å²) in [4.78, 5) is 13.8. The van der Waals surface area contributed by atoms with Gasteiger partial charge in [0.2, 0.25) is 5.91 Å². The molecule has 1 amide bonds. The molecule has 18 heavy (non-hydrogen) atoms. The highest BCUT2D eigenvalue weighted by atomic mass is 16.2. The van der Waals surface area contributed by atoms with Gasteiger partial charge in [-0.2, -0.15) is 5.26 Å². The second kappa shape index (κ2) is 7.14. The number of amides is 1. The number of benzene rings is 1. The third-order valence-corrected chi connectivity index (χ3v) is 2.76. The van der Waals surface area contributed by atoms with Crippen molar-refractivity contribution >= 4 is 5.91 Å². The largest absolute Gasteiger partial charge is 0.318 e. The topological polar surface area (TPSA) is 44.1 Å². The molecule has 0 radical (unpaired) electrons. The summed E-state index contributed by atoms with van der Waals surface area (Å²) < 4.78 is 0. The van der Waals surface area contributed by atoms with E-state index < -0.39 is 0 Å². The van der Waals surface area contributed by atoms with Crippen LogP contribution in [0.4, 0.5) is 0 Å². The average molecular weight is 240 g/mol. The molecule has 0 N–H and O–H groups in total. The summed E-state index contributed by atoms with van der Waals surface area (Å²) in [5, 5.41) is 8.72. The maximum atomic E-state index is 12.3. The van der Waals surface area contributed by atoms with Gasteiger partial charge in [-0.3, -0.25) is 4.79 Å². The van der Waals surface area contributed by atoms with Crippen LogP contribution in [0.3, 0.4) is 0 Å². The normalized spacial score (nSPS) is 11.1. The fraction of sp³-hybridized carbons (Fsp3) is 0.333. The molecule has 1 aromatic rings. The predicted molar refractivity (Wildman–Crippen MR) is 70.5 cm³/mol. The third kappa shape index (κ3) is 3.37. The lowest BCUT2D eigenvalue weighted by atomic mass is 9.95. The third-order valence-electron chi connectivity index (χ3n) is 2.76. The van der Waals surface area contributed by atoms with Crippen LogP contribution in [0.25, 0.3) is 0 Å². The molecule has 0 fully saturated rings. The highest BCUT2D eigenvalue weighted by Crippen LogP contribution is 2.21. The Bertz CT molecular complexity index is 452. The molecule has 0 saturated carbocycles. The number of terminal acetylenes is 1. The SMILES string of the molecule is C#CCN(CC#N)C(=O)C(CC)c1ccccc1. The van der Waals surface area contributed by atoms with Gasteiger partial charge in [-0.25, -0.2) is 0 Å². The highest BCUT2D eigenvalue weighted by Gasteiger charge is 2.23. The second-order valence-corrected chi connectivity index (χ2v) is 3.93. The van der Waals surface area contributed by atoms with Crippen molar-refractivity contribution in [3.05, 3.63) is 35.9 Å². The van der Waals surface area contributed by atoms with Gasteiger partial charge in [-0.15, -0.1) is 6.42 Å². The van der Waals surface area contributed by atoms with Crippen molar-refractivity contribution in [1.82, 2.24) is 4.90 Å². The molecular formula is C15H16N2O. The van der Waals surface area contributed by atoms with Crippen molar-refractivity contribution in [3.8, 4) is 18.4 Å². The van der Waals surface area contributed by atoms with E-state index in [1.54, 1.807) is 0 Å². The average Bonchev–Trinajstić information content (AvgIpc) is 2.40. The van der Waals surface area contributed by atoms with Gasteiger partial charge in [-0.1, -0.05) is 43.2 Å². The number of nitriles is 1. The fourth-order valence-corrected chi connectivity index (χ4v) is 1.87. The minimum absolute atomic E-state index is 0.0341. The van der Waals surface area contributed by atoms with Crippen molar-refractivity contribution < 1.29 is 4.79 Å². The van der Waals surface area contributed by atoms with Crippen LogP contribution in [0.1, 0.15) is 24.8 Å². The Morgan fingerprint density at radius 1 is 1.39 bits per heavy atom. The minimum atomic E-state index is -0.229. The van der Waals surface area contributed by atoms with Crippen LogP contribution in [0.15, 0.2) is 30.3 Å². The Hall–Kier alpha value is -2.26. The van der Waals surface area contributed by atoms with Gasteiger partial charge in [0.15, 0.2) is 0 Å². The lowest BCUT2D eigenvalue weighted by molar-refractivity contribution is -0.131. The van der Waals surface area contributed by atoms with Gasteiger partial charge in [0.1, 0.15) is 6.54 Å². The molecule has 0 saturated heterocycles. The van der Waals surface area contributed by atoms with Crippen LogP contribution in [-0.2, 0) is 4.79 Å². The minimum Gasteiger partial charge on any atom is -0.318 e. The number of carbonyl (C=O) groups excluding carboxylic acids is 1. The summed E-state index contributed by atoms with van der Waals surface area (Å²) >= 11 is 0. The smallest absolute Gasteiger partial charge is 0.231 e. The zero-order valence-corrected chi connectivity index (χ0v) is 10.5. The number of rotatable bonds is 5. The standard InChI is InChI=1S/C15H16N2O/c1-3-11-17(12-10-16)15(18)14(4-2)13-8-6-5-7-9-13/h1,5-9,14H,4,11-12H2,2H3. The van der Waals surface area contributed by atoms with Gasteiger partial charge < -0.3 is 4.90 Å². The molecular weight excluding hydrogens is 224 g/mol. The van der Waals surface area contributed by atoms with Gasteiger partial charge in [-0.05, 0) is 12.0 Å². The van der Waals surface area contributed by atoms with Gasteiger partial charge in [0.25, 0.3) is 0 Å². The Morgan fingerprint density at radius 2 is 2.06 bits per heavy atom. The van der Waals surface area contributed by atoms with Crippen LogP contribution in [0, 0.1) is 23.7 Å². The van der Waals surface area contributed by atoms with E-state index in [-0.39, 0.29) is 24.9 Å². The first kappa shape index (κ1) is 13.8. The van der Waals surface area contributed by atoms with E-state index in [0.717, 1.165) is 5.56 Å². The second-order valence-electron chi connectivity index (χ2n) is 3.93. The number of hydrogen-bond acceptors (Lipinski definition) is 2. The maximum absolute atomic E-state index is 12.3. The van der Waals surface area contributed by atoms with Crippen LogP contribution in [0.2, 0.25) is 0 Å². The molecule has 0 aliphatic rings.